The molecule has 0 aromatic heterocycles. The zero-order valence-electron chi connectivity index (χ0n) is 8.86. The molecule has 0 saturated carbocycles. The van der Waals surface area contributed by atoms with Crippen LogP contribution in [0.25, 0.3) is 5.76 Å². The van der Waals surface area contributed by atoms with Crippen molar-refractivity contribution >= 4 is 11.7 Å². The summed E-state index contributed by atoms with van der Waals surface area (Å²) >= 11 is 0. The van der Waals surface area contributed by atoms with Crippen molar-refractivity contribution in [3.63, 3.8) is 0 Å². The van der Waals surface area contributed by atoms with Crippen molar-refractivity contribution < 1.29 is 9.53 Å². The number of carbonyl (C=O) groups excluding carboxylic acids is 1. The van der Waals surface area contributed by atoms with E-state index in [0.717, 1.165) is 11.1 Å². The smallest absolute Gasteiger partial charge is 0.249 e. The van der Waals surface area contributed by atoms with Gasteiger partial charge in [0.1, 0.15) is 12.4 Å². The summed E-state index contributed by atoms with van der Waals surface area (Å²) in [6.45, 7) is 0.558. The van der Waals surface area contributed by atoms with Crippen molar-refractivity contribution in [1.29, 1.82) is 0 Å². The van der Waals surface area contributed by atoms with E-state index in [-0.39, 0.29) is 5.91 Å². The first-order valence-electron chi connectivity index (χ1n) is 4.82. The topological polar surface area (TPSA) is 29.5 Å². The lowest BCUT2D eigenvalue weighted by molar-refractivity contribution is -0.123. The van der Waals surface area contributed by atoms with E-state index in [4.69, 9.17) is 4.74 Å². The molecular formula is C12H13NO2. The quantitative estimate of drug-likeness (QED) is 0.649. The maximum absolute atomic E-state index is 11.5. The molecule has 0 N–H and O–H groups in total. The summed E-state index contributed by atoms with van der Waals surface area (Å²) in [5, 5.41) is 0. The molecule has 0 radical (unpaired) electrons. The molecule has 1 aliphatic rings. The highest BCUT2D eigenvalue weighted by molar-refractivity contribution is 5.94. The molecule has 1 aromatic rings. The third-order valence-electron chi connectivity index (χ3n) is 2.36. The van der Waals surface area contributed by atoms with E-state index in [2.05, 4.69) is 0 Å². The molecule has 78 valence electrons. The number of ether oxygens (including phenoxy) is 1. The number of nitrogens with zero attached hydrogens (tertiary/aromatic N) is 1. The lowest BCUT2D eigenvalue weighted by Crippen LogP contribution is -2.19. The van der Waals surface area contributed by atoms with E-state index in [1.807, 2.05) is 24.3 Å². The second-order valence-electron chi connectivity index (χ2n) is 3.69. The van der Waals surface area contributed by atoms with E-state index in [1.165, 1.54) is 11.0 Å². The predicted molar refractivity (Wildman–Crippen MR) is 57.9 cm³/mol. The largest absolute Gasteiger partial charge is 0.488 e. The highest BCUT2D eigenvalue weighted by Gasteiger charge is 2.17. The van der Waals surface area contributed by atoms with E-state index >= 15 is 0 Å². The lowest BCUT2D eigenvalue weighted by atomic mass is 10.1. The molecule has 0 aliphatic carbocycles. The Kier molecular flexibility index (Phi) is 2.46. The molecule has 1 heterocycles. The van der Waals surface area contributed by atoms with Crippen LogP contribution in [-0.4, -0.2) is 24.9 Å². The first-order chi connectivity index (χ1) is 7.18. The van der Waals surface area contributed by atoms with Gasteiger partial charge in [-0.15, -0.1) is 0 Å². The number of rotatable bonds is 1. The number of benzene rings is 1. The third kappa shape index (κ3) is 1.86. The summed E-state index contributed by atoms with van der Waals surface area (Å²) < 4.78 is 5.46. The molecule has 15 heavy (non-hydrogen) atoms. The van der Waals surface area contributed by atoms with E-state index in [1.54, 1.807) is 14.1 Å². The number of amides is 1. The van der Waals surface area contributed by atoms with Gasteiger partial charge in [0.05, 0.1) is 0 Å². The maximum atomic E-state index is 11.5. The van der Waals surface area contributed by atoms with Crippen LogP contribution in [-0.2, 0) is 16.1 Å². The Morgan fingerprint density at radius 2 is 2.13 bits per heavy atom. The standard InChI is InChI=1S/C12H13NO2/c1-13(2)12(14)7-11-10-6-4-3-5-9(10)8-15-11/h3-7H,8H2,1-2H3/b11-7+. The molecule has 3 nitrogen and oxygen atoms in total. The van der Waals surface area contributed by atoms with Gasteiger partial charge in [0.2, 0.25) is 5.91 Å². The third-order valence-corrected chi connectivity index (χ3v) is 2.36. The van der Waals surface area contributed by atoms with Crippen LogP contribution >= 0.6 is 0 Å². The molecule has 1 amide bonds. The molecule has 3 heteroatoms. The molecule has 0 fully saturated rings. The summed E-state index contributed by atoms with van der Waals surface area (Å²) in [4.78, 5) is 13.0. The number of likely N-dealkylation sites (N-methyl/N-ethyl adjacent to an activating group) is 1. The van der Waals surface area contributed by atoms with Gasteiger partial charge in [-0.3, -0.25) is 4.79 Å². The van der Waals surface area contributed by atoms with Crippen LogP contribution in [0.15, 0.2) is 30.3 Å². The van der Waals surface area contributed by atoms with Gasteiger partial charge in [0.15, 0.2) is 0 Å². The molecule has 0 bridgehead atoms. The molecular weight excluding hydrogens is 190 g/mol. The van der Waals surface area contributed by atoms with Crippen LogP contribution < -0.4 is 0 Å². The van der Waals surface area contributed by atoms with E-state index in [9.17, 15) is 4.79 Å². The molecule has 2 rings (SSSR count). The predicted octanol–water partition coefficient (Wildman–Crippen LogP) is 1.65. The van der Waals surface area contributed by atoms with Crippen molar-refractivity contribution in [2.24, 2.45) is 0 Å². The van der Waals surface area contributed by atoms with Crippen LogP contribution in [0.5, 0.6) is 0 Å². The monoisotopic (exact) mass is 203 g/mol. The second-order valence-corrected chi connectivity index (χ2v) is 3.69. The van der Waals surface area contributed by atoms with Gasteiger partial charge < -0.3 is 9.64 Å². The maximum Gasteiger partial charge on any atom is 0.249 e. The van der Waals surface area contributed by atoms with Crippen LogP contribution in [0, 0.1) is 0 Å². The van der Waals surface area contributed by atoms with Crippen LogP contribution in [0.3, 0.4) is 0 Å². The van der Waals surface area contributed by atoms with Crippen molar-refractivity contribution in [1.82, 2.24) is 4.90 Å². The van der Waals surface area contributed by atoms with Crippen LogP contribution in [0.4, 0.5) is 0 Å². The van der Waals surface area contributed by atoms with Crippen LogP contribution in [0.1, 0.15) is 11.1 Å². The zero-order valence-corrected chi connectivity index (χ0v) is 8.86. The van der Waals surface area contributed by atoms with Crippen LogP contribution in [0.2, 0.25) is 0 Å². The molecule has 0 atom stereocenters. The molecule has 0 spiro atoms. The highest BCUT2D eigenvalue weighted by atomic mass is 16.5. The molecule has 1 aliphatic heterocycles. The summed E-state index contributed by atoms with van der Waals surface area (Å²) in [6, 6.07) is 7.90. The van der Waals surface area contributed by atoms with Gasteiger partial charge in [-0.1, -0.05) is 24.3 Å². The van der Waals surface area contributed by atoms with E-state index < -0.39 is 0 Å². The summed E-state index contributed by atoms with van der Waals surface area (Å²) in [5.41, 5.74) is 2.16. The van der Waals surface area contributed by atoms with Crippen molar-refractivity contribution in [2.75, 3.05) is 14.1 Å². The zero-order chi connectivity index (χ0) is 10.8. The number of carbonyl (C=O) groups is 1. The summed E-state index contributed by atoms with van der Waals surface area (Å²) in [7, 11) is 3.44. The average Bonchev–Trinajstić information content (AvgIpc) is 2.62. The minimum absolute atomic E-state index is 0.0540. The fourth-order valence-corrected chi connectivity index (χ4v) is 1.48. The van der Waals surface area contributed by atoms with Gasteiger partial charge in [-0.05, 0) is 0 Å². The van der Waals surface area contributed by atoms with Crippen molar-refractivity contribution in [3.05, 3.63) is 41.5 Å². The summed E-state index contributed by atoms with van der Waals surface area (Å²) in [5.74, 6) is 0.617. The highest BCUT2D eigenvalue weighted by Crippen LogP contribution is 2.28. The van der Waals surface area contributed by atoms with Gasteiger partial charge in [0, 0.05) is 31.3 Å². The minimum atomic E-state index is -0.0540. The Balaban J connectivity index is 2.31. The lowest BCUT2D eigenvalue weighted by Gasteiger charge is -2.07. The normalized spacial score (nSPS) is 16.0. The van der Waals surface area contributed by atoms with Gasteiger partial charge in [-0.25, -0.2) is 0 Å². The fraction of sp³-hybridized carbons (Fsp3) is 0.250. The second kappa shape index (κ2) is 3.77. The molecule has 0 unspecified atom stereocenters. The Labute approximate surface area is 89.0 Å². The average molecular weight is 203 g/mol. The Morgan fingerprint density at radius 3 is 2.87 bits per heavy atom. The Hall–Kier alpha value is -1.77. The van der Waals surface area contributed by atoms with E-state index in [0.29, 0.717) is 12.4 Å². The SMILES string of the molecule is CN(C)C(=O)/C=C1/OCc2ccccc21. The van der Waals surface area contributed by atoms with Gasteiger partial charge in [-0.2, -0.15) is 0 Å². The van der Waals surface area contributed by atoms with Crippen molar-refractivity contribution in [3.8, 4) is 0 Å². The fourth-order valence-electron chi connectivity index (χ4n) is 1.48. The summed E-state index contributed by atoms with van der Waals surface area (Å²) in [6.07, 6.45) is 1.53. The first-order valence-corrected chi connectivity index (χ1v) is 4.82. The molecule has 1 aromatic carbocycles. The van der Waals surface area contributed by atoms with Crippen molar-refractivity contribution in [2.45, 2.75) is 6.61 Å². The van der Waals surface area contributed by atoms with Gasteiger partial charge in [0.25, 0.3) is 0 Å². The van der Waals surface area contributed by atoms with Gasteiger partial charge >= 0.3 is 0 Å². The number of fused-ring (bicyclic) bond motifs is 1. The Morgan fingerprint density at radius 1 is 1.40 bits per heavy atom. The number of hydrogen-bond acceptors (Lipinski definition) is 2. The first kappa shape index (κ1) is 9.77. The number of hydrogen-bond donors (Lipinski definition) is 0. The minimum Gasteiger partial charge on any atom is -0.488 e. The Bertz CT molecular complexity index is 421. The molecule has 0 saturated heterocycles.